The first-order chi connectivity index (χ1) is 64.0. The van der Waals surface area contributed by atoms with Crippen molar-refractivity contribution in [1.29, 1.82) is 0 Å². The van der Waals surface area contributed by atoms with Crippen molar-refractivity contribution in [2.45, 2.75) is 289 Å². The number of hydrogen-bond donors (Lipinski definition) is 9. The predicted molar refractivity (Wildman–Crippen MR) is 541 cm³/mol. The molecular formula is C102H158N15O23Pd-. The average Bonchev–Trinajstić information content (AvgIpc) is 0.811. The number of alkyl carbamates (subject to hydrolysis) is 4. The monoisotopic (exact) mass is 2070 g/mol. The molecular weight excluding hydrogens is 1910 g/mol. The number of amides is 7. The first kappa shape index (κ1) is 127. The third-order valence-corrected chi connectivity index (χ3v) is 17.4. The third kappa shape index (κ3) is 55.7. The van der Waals surface area contributed by atoms with Crippen LogP contribution in [0.1, 0.15) is 243 Å². The summed E-state index contributed by atoms with van der Waals surface area (Å²) < 4.78 is 57.1. The molecule has 4 aliphatic rings. The fourth-order valence-electron chi connectivity index (χ4n) is 11.4. The normalized spacial score (nSPS) is 15.8. The quantitative estimate of drug-likeness (QED) is 0.00687. The van der Waals surface area contributed by atoms with Crippen molar-refractivity contribution >= 4 is 84.6 Å². The molecule has 12 N–H and O–H groups in total. The second-order valence-corrected chi connectivity index (χ2v) is 41.9. The van der Waals surface area contributed by atoms with Gasteiger partial charge < -0.3 is 108 Å². The molecule has 0 fully saturated rings. The molecule has 141 heavy (non-hydrogen) atoms. The smallest absolute Gasteiger partial charge is 0.508 e. The number of carbonyl (C=O) groups is 10. The molecule has 0 saturated carbocycles. The molecule has 9 rings (SSSR count). The molecule has 0 saturated heterocycles. The Hall–Kier alpha value is -12.0. The zero-order valence-corrected chi connectivity index (χ0v) is 90.2. The molecule has 0 radical (unpaired) electrons. The fourth-order valence-corrected chi connectivity index (χ4v) is 11.4. The molecule has 5 aromatic rings. The van der Waals surface area contributed by atoms with E-state index in [0.29, 0.717) is 86.2 Å². The van der Waals surface area contributed by atoms with E-state index in [2.05, 4.69) is 75.2 Å². The Bertz CT molecular complexity index is 4720. The molecule has 0 spiro atoms. The number of aromatic hydroxyl groups is 1. The molecule has 5 aromatic carbocycles. The summed E-state index contributed by atoms with van der Waals surface area (Å²) in [6.45, 7) is 60.6. The fraction of sp³-hybridized carbons (Fsp3) is 0.559. The number of phenols is 1. The number of carbonyl (C=O) groups excluding carboxylic acids is 10. The third-order valence-electron chi connectivity index (χ3n) is 17.4. The zero-order chi connectivity index (χ0) is 106. The van der Waals surface area contributed by atoms with Gasteiger partial charge in [-0.2, -0.15) is 0 Å². The van der Waals surface area contributed by atoms with E-state index < -0.39 is 117 Å². The van der Waals surface area contributed by atoms with Crippen LogP contribution in [0, 0.1) is 34.1 Å². The molecule has 0 aromatic heterocycles. The number of aryl methyl sites for hydroxylation is 3. The van der Waals surface area contributed by atoms with Crippen molar-refractivity contribution < 1.29 is 130 Å². The summed E-state index contributed by atoms with van der Waals surface area (Å²) in [6, 6.07) is 35.7. The Morgan fingerprint density at radius 3 is 0.929 bits per heavy atom. The average molecular weight is 2070 g/mol. The van der Waals surface area contributed by atoms with Gasteiger partial charge in [-0.15, -0.1) is 0 Å². The van der Waals surface area contributed by atoms with E-state index in [4.69, 9.17) is 64.7 Å². The Balaban J connectivity index is 0.000000857. The summed E-state index contributed by atoms with van der Waals surface area (Å²) in [7, 11) is 0. The van der Waals surface area contributed by atoms with Crippen LogP contribution < -0.4 is 48.7 Å². The Labute approximate surface area is 847 Å². The first-order valence-corrected chi connectivity index (χ1v) is 46.0. The van der Waals surface area contributed by atoms with E-state index in [9.17, 15) is 53.1 Å². The summed E-state index contributed by atoms with van der Waals surface area (Å²) in [5, 5.41) is 23.9. The number of aldehydes is 1. The minimum absolute atomic E-state index is 0. The van der Waals surface area contributed by atoms with E-state index in [1.54, 1.807) is 182 Å². The number of aliphatic imine (C=N–C) groups is 4. The van der Waals surface area contributed by atoms with Gasteiger partial charge in [0.1, 0.15) is 105 Å². The summed E-state index contributed by atoms with van der Waals surface area (Å²) in [5.41, 5.74) is 12.2. The second-order valence-electron chi connectivity index (χ2n) is 41.9. The number of benzene rings is 5. The molecule has 4 heterocycles. The summed E-state index contributed by atoms with van der Waals surface area (Å²) in [6.07, 6.45) is -4.94. The Kier molecular flexibility index (Phi) is 52.0. The number of nitrogens with one attached hydrogen (secondary N) is 5. The summed E-state index contributed by atoms with van der Waals surface area (Å²) >= 11 is 0. The van der Waals surface area contributed by atoms with Crippen LogP contribution in [0.4, 0.5) is 43.2 Å². The van der Waals surface area contributed by atoms with Gasteiger partial charge in [-0.05, 0) is 275 Å². The number of nitrogens with two attached hydrogens (primary N) is 3. The molecule has 0 aliphatic carbocycles. The van der Waals surface area contributed by atoms with Crippen LogP contribution >= 0.6 is 0 Å². The number of rotatable bonds is 15. The van der Waals surface area contributed by atoms with Crippen LogP contribution in [-0.2, 0) is 72.6 Å². The van der Waals surface area contributed by atoms with E-state index in [1.165, 1.54) is 38.0 Å². The van der Waals surface area contributed by atoms with Gasteiger partial charge in [-0.3, -0.25) is 39.5 Å². The second kappa shape index (κ2) is 57.8. The number of hydrogen-bond acceptors (Lipinski definition) is 31. The SMILES string of the molecule is CC(C)(C)OC(=O)NC1CN=C(c2ccc(O)cc2)N(C(=O)OC(C)(C)C)C1.CC(C)(C)OC(=O)NC1CN=C(c2ccc(OCCON)cc2)N(C(=O)OC(C)(C)C)C1.CC(C)(C)OC(=O)OC(=O)OC(C)(C)C.CC(CN)CN.Cc1ccc(C2=NCC(NC(=O)OC(C)(C)C)CN2)cc1.Cc1ccc(C2=NCC(NC(=O)OC(C)(C)C)CN2C(=O)OC(C)(C)C)cc1.Cc1ccc(C=O)cc1.[CH3-].[Pd]. The first-order valence-electron chi connectivity index (χ1n) is 46.0. The van der Waals surface area contributed by atoms with Crippen LogP contribution in [0.15, 0.2) is 141 Å². The Morgan fingerprint density at radius 2 is 0.667 bits per heavy atom. The molecule has 4 unspecified atom stereocenters. The van der Waals surface area contributed by atoms with Gasteiger partial charge in [-0.25, -0.2) is 49.0 Å². The predicted octanol–water partition coefficient (Wildman–Crippen LogP) is 16.9. The van der Waals surface area contributed by atoms with Crippen LogP contribution in [0.5, 0.6) is 11.5 Å². The number of nitrogens with zero attached hydrogens (tertiary/aromatic N) is 7. The van der Waals surface area contributed by atoms with Crippen molar-refractivity contribution in [2.24, 2.45) is 43.3 Å². The van der Waals surface area contributed by atoms with Crippen LogP contribution in [0.2, 0.25) is 0 Å². The molecule has 7 amide bonds. The largest absolute Gasteiger partial charge is 0.519 e. The Morgan fingerprint density at radius 1 is 0.397 bits per heavy atom. The maximum absolute atomic E-state index is 12.9. The minimum Gasteiger partial charge on any atom is -0.508 e. The van der Waals surface area contributed by atoms with Gasteiger partial charge in [0.25, 0.3) is 0 Å². The van der Waals surface area contributed by atoms with Gasteiger partial charge in [0, 0.05) is 54.8 Å². The van der Waals surface area contributed by atoms with Crippen molar-refractivity contribution in [3.63, 3.8) is 0 Å². The van der Waals surface area contributed by atoms with Crippen LogP contribution in [-0.4, -0.2) is 258 Å². The van der Waals surface area contributed by atoms with Crippen LogP contribution in [0.3, 0.4) is 0 Å². The van der Waals surface area contributed by atoms with Crippen molar-refractivity contribution in [1.82, 2.24) is 41.3 Å². The number of phenolic OH excluding ortho intramolecular Hbond substituents is 1. The maximum Gasteiger partial charge on any atom is 0.519 e. The number of ether oxygens (including phenoxy) is 11. The van der Waals surface area contributed by atoms with E-state index in [0.717, 1.165) is 34.4 Å². The van der Waals surface area contributed by atoms with Gasteiger partial charge in [0.15, 0.2) is 0 Å². The van der Waals surface area contributed by atoms with Crippen molar-refractivity contribution in [3.8, 4) is 11.5 Å². The minimum atomic E-state index is -1.06. The topological polar surface area (TPSA) is 499 Å². The molecule has 4 aliphatic heterocycles. The van der Waals surface area contributed by atoms with Gasteiger partial charge in [0.05, 0.1) is 70.0 Å². The molecule has 39 heteroatoms. The zero-order valence-electron chi connectivity index (χ0n) is 88.6. The van der Waals surface area contributed by atoms with E-state index in [-0.39, 0.29) is 78.5 Å². The van der Waals surface area contributed by atoms with Crippen molar-refractivity contribution in [2.75, 3.05) is 78.7 Å². The number of amidine groups is 4. The molecule has 38 nitrogen and oxygen atoms in total. The molecule has 0 bridgehead atoms. The van der Waals surface area contributed by atoms with Gasteiger partial charge in [-0.1, -0.05) is 96.4 Å². The molecule has 790 valence electrons. The van der Waals surface area contributed by atoms with Crippen molar-refractivity contribution in [3.05, 3.63) is 173 Å². The van der Waals surface area contributed by atoms with Gasteiger partial charge in [0.2, 0.25) is 0 Å². The van der Waals surface area contributed by atoms with E-state index >= 15 is 0 Å². The standard InChI is InChI=1S/C22H34N4O6.C21H31N3O4.C20H29N3O5.C16H23N3O2.C10H18O5.C8H8O.C4H12N2.CH3.Pd/c1-21(2,3)31-19(27)25-16-13-24-18(26(14-16)20(28)32-22(4,5)6)15-7-9-17(10-8-15)29-11-12-30-23;1-14-8-10-15(11-9-14)17-22-12-16(23-18(25)27-20(2,3)4)13-24(17)19(26)28-21(5,6)7;1-19(2,3)27-17(25)22-14-11-21-16(13-7-9-15(24)10-8-13)23(12-14)18(26)28-20(4,5)6;1-11-5-7-12(8-6-11)14-17-9-13(10-18-14)19-15(20)21-16(2,3)4;1-9(2,3)14-7(11)13-8(12)15-10(4,5)6;1-7-2-4-8(6-9)5-3-7;1-4(2-5)3-6;;/h7-10,16H,11-14,23H2,1-6H3,(H,25,27);8-11,16H,12-13H2,1-7H3,(H,23,25);7-10,14,24H,11-12H2,1-6H3,(H,22,25);5-8,13H,9-10H2,1-4H3,(H,17,18)(H,19,20);1-6H3;2-6H,1H3;4H,2-3,5-6H2,1H3;1H3;/q;;;;;;;-1;. The summed E-state index contributed by atoms with van der Waals surface area (Å²) in [4.78, 5) is 146. The maximum atomic E-state index is 12.9. The van der Waals surface area contributed by atoms with Gasteiger partial charge >= 0.3 is 55.0 Å². The van der Waals surface area contributed by atoms with Crippen LogP contribution in [0.25, 0.3) is 0 Å². The van der Waals surface area contributed by atoms with E-state index in [1.807, 2.05) is 123 Å². The summed E-state index contributed by atoms with van der Waals surface area (Å²) in [5.74, 6) is 8.53. The molecule has 4 atom stereocenters.